The highest BCUT2D eigenvalue weighted by Gasteiger charge is 2.53. The van der Waals surface area contributed by atoms with Crippen molar-refractivity contribution in [3.63, 3.8) is 0 Å². The van der Waals surface area contributed by atoms with Crippen LogP contribution < -0.4 is 5.32 Å². The van der Waals surface area contributed by atoms with Crippen LogP contribution in [0.1, 0.15) is 43.1 Å². The number of aryl methyl sites for hydroxylation is 1. The molecule has 3 rings (SSSR count). The first-order valence-corrected chi connectivity index (χ1v) is 12.0. The second-order valence-electron chi connectivity index (χ2n) is 8.92. The highest BCUT2D eigenvalue weighted by molar-refractivity contribution is 6.48. The van der Waals surface area contributed by atoms with Gasteiger partial charge in [-0.15, -0.1) is 0 Å². The largest absolute Gasteiger partial charge is 0.417 e. The summed E-state index contributed by atoms with van der Waals surface area (Å²) in [5.74, 6) is 0.115. The molecule has 1 fully saturated rings. The third-order valence-electron chi connectivity index (χ3n) is 5.87. The van der Waals surface area contributed by atoms with Gasteiger partial charge in [-0.3, -0.25) is 9.59 Å². The molecule has 1 aliphatic heterocycles. The normalized spacial score (nSPS) is 26.9. The van der Waals surface area contributed by atoms with Crippen molar-refractivity contribution in [2.75, 3.05) is 6.61 Å². The van der Waals surface area contributed by atoms with Crippen molar-refractivity contribution in [1.82, 2.24) is 5.32 Å². The molecular formula is C21H30NO3Si. The van der Waals surface area contributed by atoms with Crippen LogP contribution in [0.5, 0.6) is 0 Å². The number of ketones is 1. The number of fused-ring (bicyclic) bond motifs is 1. The number of Topliss-reactive ketones (excluding diaryl/α,β-unsaturated/α-hetero) is 1. The molecule has 141 valence electrons. The van der Waals surface area contributed by atoms with E-state index in [1.54, 1.807) is 0 Å². The quantitative estimate of drug-likeness (QED) is 0.636. The van der Waals surface area contributed by atoms with Crippen LogP contribution in [0.3, 0.4) is 0 Å². The molecule has 2 aliphatic rings. The Hall–Kier alpha value is -1.46. The van der Waals surface area contributed by atoms with E-state index in [0.717, 1.165) is 24.0 Å². The molecule has 1 aromatic rings. The van der Waals surface area contributed by atoms with Crippen LogP contribution >= 0.6 is 0 Å². The number of benzene rings is 1. The molecule has 1 N–H and O–H groups in total. The number of amides is 1. The second-order valence-corrected chi connectivity index (χ2v) is 11.0. The van der Waals surface area contributed by atoms with Crippen molar-refractivity contribution < 1.29 is 14.0 Å². The molecule has 1 saturated heterocycles. The van der Waals surface area contributed by atoms with Gasteiger partial charge in [0, 0.05) is 18.1 Å². The zero-order chi connectivity index (χ0) is 19.1. The minimum Gasteiger partial charge on any atom is -0.417 e. The standard InChI is InChI=1S/C21H30NO3Si/c1-21(2,3)16(12-25-26(4)5)17-18(22-20(17)24)15-11-10-13-8-6-7-9-14(13)19(15)23/h6-9,15-18H,10-12H2,1-5H3,(H,22,24)/t15-,16+,17-,18+/m0/s1. The molecule has 0 unspecified atom stereocenters. The van der Waals surface area contributed by atoms with Gasteiger partial charge in [0.2, 0.25) is 14.9 Å². The van der Waals surface area contributed by atoms with Gasteiger partial charge in [-0.25, -0.2) is 0 Å². The van der Waals surface area contributed by atoms with E-state index in [2.05, 4.69) is 39.2 Å². The average molecular weight is 373 g/mol. The predicted molar refractivity (Wildman–Crippen MR) is 104 cm³/mol. The van der Waals surface area contributed by atoms with Gasteiger partial charge in [0.15, 0.2) is 5.78 Å². The van der Waals surface area contributed by atoms with Crippen molar-refractivity contribution in [3.8, 4) is 0 Å². The fourth-order valence-electron chi connectivity index (χ4n) is 4.31. The summed E-state index contributed by atoms with van der Waals surface area (Å²) in [5.41, 5.74) is 1.92. The van der Waals surface area contributed by atoms with Crippen LogP contribution in [0.4, 0.5) is 0 Å². The van der Waals surface area contributed by atoms with Gasteiger partial charge in [0.05, 0.1) is 12.0 Å². The number of carbonyl (C=O) groups is 2. The lowest BCUT2D eigenvalue weighted by Crippen LogP contribution is -2.67. The van der Waals surface area contributed by atoms with Crippen LogP contribution in [-0.4, -0.2) is 33.4 Å². The van der Waals surface area contributed by atoms with Crippen molar-refractivity contribution >= 4 is 20.7 Å². The van der Waals surface area contributed by atoms with E-state index in [4.69, 9.17) is 4.43 Å². The monoisotopic (exact) mass is 372 g/mol. The molecule has 26 heavy (non-hydrogen) atoms. The summed E-state index contributed by atoms with van der Waals surface area (Å²) in [4.78, 5) is 25.6. The molecule has 4 nitrogen and oxygen atoms in total. The van der Waals surface area contributed by atoms with E-state index in [1.807, 2.05) is 24.3 Å². The zero-order valence-corrected chi connectivity index (χ0v) is 17.5. The Morgan fingerprint density at radius 2 is 1.92 bits per heavy atom. The minimum absolute atomic E-state index is 0.0480. The second kappa shape index (κ2) is 7.28. The molecule has 0 spiro atoms. The summed E-state index contributed by atoms with van der Waals surface area (Å²) in [5, 5.41) is 3.06. The van der Waals surface area contributed by atoms with Gasteiger partial charge in [-0.05, 0) is 42.8 Å². The summed E-state index contributed by atoms with van der Waals surface area (Å²) < 4.78 is 5.99. The van der Waals surface area contributed by atoms with E-state index in [0.29, 0.717) is 6.61 Å². The van der Waals surface area contributed by atoms with Crippen LogP contribution in [0.2, 0.25) is 13.1 Å². The van der Waals surface area contributed by atoms with E-state index in [-0.39, 0.29) is 40.9 Å². The minimum atomic E-state index is -0.814. The Bertz CT molecular complexity index is 695. The maximum Gasteiger partial charge on any atom is 0.225 e. The lowest BCUT2D eigenvalue weighted by Gasteiger charge is -2.49. The molecule has 0 saturated carbocycles. The van der Waals surface area contributed by atoms with Crippen LogP contribution in [0.25, 0.3) is 0 Å². The number of β-lactam (4-membered cyclic amide) rings is 1. The van der Waals surface area contributed by atoms with Crippen molar-refractivity contribution in [2.45, 2.75) is 52.7 Å². The van der Waals surface area contributed by atoms with Gasteiger partial charge in [-0.2, -0.15) is 0 Å². The van der Waals surface area contributed by atoms with Crippen molar-refractivity contribution in [3.05, 3.63) is 35.4 Å². The predicted octanol–water partition coefficient (Wildman–Crippen LogP) is 3.48. The van der Waals surface area contributed by atoms with E-state index in [9.17, 15) is 9.59 Å². The van der Waals surface area contributed by atoms with Crippen molar-refractivity contribution in [2.24, 2.45) is 23.2 Å². The molecule has 1 radical (unpaired) electrons. The first kappa shape index (κ1) is 19.3. The topological polar surface area (TPSA) is 55.4 Å². The molecular weight excluding hydrogens is 342 g/mol. The highest BCUT2D eigenvalue weighted by atomic mass is 28.3. The number of rotatable bonds is 5. The highest BCUT2D eigenvalue weighted by Crippen LogP contribution is 2.42. The summed E-state index contributed by atoms with van der Waals surface area (Å²) in [6.07, 6.45) is 1.71. The lowest BCUT2D eigenvalue weighted by molar-refractivity contribution is -0.143. The molecule has 1 aliphatic carbocycles. The third-order valence-corrected chi connectivity index (χ3v) is 6.62. The van der Waals surface area contributed by atoms with Crippen molar-refractivity contribution in [1.29, 1.82) is 0 Å². The van der Waals surface area contributed by atoms with E-state index in [1.165, 1.54) is 0 Å². The third kappa shape index (κ3) is 3.65. The Morgan fingerprint density at radius 3 is 2.54 bits per heavy atom. The summed E-state index contributed by atoms with van der Waals surface area (Å²) in [6, 6.07) is 7.81. The number of hydrogen-bond donors (Lipinski definition) is 1. The SMILES string of the molecule is C[Si](C)OC[C@H]([C@@H]1C(=O)N[C@@H]1[C@@H]1CCc2ccccc2C1=O)C(C)(C)C. The van der Waals surface area contributed by atoms with Gasteiger partial charge < -0.3 is 9.74 Å². The average Bonchev–Trinajstić information content (AvgIpc) is 2.56. The fraction of sp³-hybridized carbons (Fsp3) is 0.619. The van der Waals surface area contributed by atoms with Crippen LogP contribution in [-0.2, 0) is 15.6 Å². The van der Waals surface area contributed by atoms with Crippen LogP contribution in [0, 0.1) is 23.2 Å². The number of nitrogens with one attached hydrogen (secondary N) is 1. The number of carbonyl (C=O) groups excluding carboxylic acids is 2. The fourth-order valence-corrected chi connectivity index (χ4v) is 4.83. The number of hydrogen-bond acceptors (Lipinski definition) is 3. The van der Waals surface area contributed by atoms with Gasteiger partial charge in [0.1, 0.15) is 0 Å². The first-order chi connectivity index (χ1) is 12.2. The maximum atomic E-state index is 13.1. The van der Waals surface area contributed by atoms with Gasteiger partial charge >= 0.3 is 0 Å². The first-order valence-electron chi connectivity index (χ1n) is 9.55. The lowest BCUT2D eigenvalue weighted by atomic mass is 9.62. The summed E-state index contributed by atoms with van der Waals surface area (Å²) >= 11 is 0. The Labute approximate surface area is 158 Å². The summed E-state index contributed by atoms with van der Waals surface area (Å²) in [7, 11) is -0.814. The maximum absolute atomic E-state index is 13.1. The van der Waals surface area contributed by atoms with Gasteiger partial charge in [0.25, 0.3) is 0 Å². The molecule has 1 amide bonds. The van der Waals surface area contributed by atoms with E-state index >= 15 is 0 Å². The Balaban J connectivity index is 1.82. The molecule has 5 heteroatoms. The molecule has 0 aromatic heterocycles. The molecule has 0 bridgehead atoms. The van der Waals surface area contributed by atoms with E-state index < -0.39 is 9.04 Å². The Morgan fingerprint density at radius 1 is 1.23 bits per heavy atom. The molecule has 1 aromatic carbocycles. The van der Waals surface area contributed by atoms with Crippen LogP contribution in [0.15, 0.2) is 24.3 Å². The summed E-state index contributed by atoms with van der Waals surface area (Å²) in [6.45, 7) is 11.3. The molecule has 1 heterocycles. The smallest absolute Gasteiger partial charge is 0.225 e. The Kier molecular flexibility index (Phi) is 5.40. The van der Waals surface area contributed by atoms with Gasteiger partial charge in [-0.1, -0.05) is 45.0 Å². The zero-order valence-electron chi connectivity index (χ0n) is 16.5. The molecule has 4 atom stereocenters.